The van der Waals surface area contributed by atoms with E-state index in [4.69, 9.17) is 0 Å². The fourth-order valence-corrected chi connectivity index (χ4v) is 3.17. The molecular weight excluding hydrogens is 282 g/mol. The first-order valence-corrected chi connectivity index (χ1v) is 7.38. The average Bonchev–Trinajstić information content (AvgIpc) is 2.87. The Morgan fingerprint density at radius 2 is 2.32 bits per heavy atom. The highest BCUT2D eigenvalue weighted by molar-refractivity contribution is 7.98. The molecule has 0 aliphatic carbocycles. The third-order valence-electron chi connectivity index (χ3n) is 2.51. The smallest absolute Gasteiger partial charge is 0.268 e. The molecule has 5 nitrogen and oxygen atoms in total. The minimum Gasteiger partial charge on any atom is -0.618 e. The molecule has 3 aromatic rings. The number of pyridine rings is 1. The minimum atomic E-state index is -0.126. The van der Waals surface area contributed by atoms with Crippen molar-refractivity contribution in [1.82, 2.24) is 9.97 Å². The number of nitrogens with zero attached hydrogens (tertiary/aromatic N) is 2. The zero-order valence-electron chi connectivity index (χ0n) is 9.70. The maximum atomic E-state index is 11.8. The number of rotatable bonds is 3. The van der Waals surface area contributed by atoms with Gasteiger partial charge in [-0.2, -0.15) is 4.73 Å². The predicted octanol–water partition coefficient (Wildman–Crippen LogP) is 1.91. The van der Waals surface area contributed by atoms with Crippen molar-refractivity contribution in [2.75, 3.05) is 0 Å². The topological polar surface area (TPSA) is 72.7 Å². The second kappa shape index (κ2) is 5.02. The molecular formula is C12H9N3O2S2. The van der Waals surface area contributed by atoms with Crippen LogP contribution in [0.25, 0.3) is 10.2 Å². The SMILES string of the molecule is O=c1[nH]c(CSc2cccc[n+]2[O-])nc2ccsc12. The number of fused-ring (bicyclic) bond motifs is 1. The highest BCUT2D eigenvalue weighted by Gasteiger charge is 2.08. The van der Waals surface area contributed by atoms with Gasteiger partial charge in [0.2, 0.25) is 0 Å². The van der Waals surface area contributed by atoms with Crippen molar-refractivity contribution in [3.63, 3.8) is 0 Å². The van der Waals surface area contributed by atoms with Crippen molar-refractivity contribution in [2.24, 2.45) is 0 Å². The average molecular weight is 291 g/mol. The van der Waals surface area contributed by atoms with Crippen molar-refractivity contribution >= 4 is 33.3 Å². The molecule has 3 rings (SSSR count). The van der Waals surface area contributed by atoms with Gasteiger partial charge in [0.25, 0.3) is 10.6 Å². The number of H-pyrrole nitrogens is 1. The summed E-state index contributed by atoms with van der Waals surface area (Å²) in [6.45, 7) is 0. The lowest BCUT2D eigenvalue weighted by Gasteiger charge is -2.03. The van der Waals surface area contributed by atoms with Crippen LogP contribution in [-0.4, -0.2) is 9.97 Å². The van der Waals surface area contributed by atoms with Crippen LogP contribution in [-0.2, 0) is 5.75 Å². The highest BCUT2D eigenvalue weighted by atomic mass is 32.2. The zero-order chi connectivity index (χ0) is 13.2. The van der Waals surface area contributed by atoms with Crippen LogP contribution in [0.2, 0.25) is 0 Å². The van der Waals surface area contributed by atoms with E-state index in [1.165, 1.54) is 29.3 Å². The van der Waals surface area contributed by atoms with E-state index < -0.39 is 0 Å². The maximum absolute atomic E-state index is 11.8. The van der Waals surface area contributed by atoms with Crippen LogP contribution in [0.4, 0.5) is 0 Å². The molecule has 96 valence electrons. The summed E-state index contributed by atoms with van der Waals surface area (Å²) in [5.74, 6) is 1.03. The normalized spacial score (nSPS) is 10.9. The molecule has 0 unspecified atom stereocenters. The number of aromatic nitrogens is 3. The van der Waals surface area contributed by atoms with Crippen molar-refractivity contribution in [2.45, 2.75) is 10.8 Å². The summed E-state index contributed by atoms with van der Waals surface area (Å²) < 4.78 is 1.43. The molecule has 3 aromatic heterocycles. The molecule has 0 aliphatic rings. The highest BCUT2D eigenvalue weighted by Crippen LogP contribution is 2.19. The summed E-state index contributed by atoms with van der Waals surface area (Å²) in [7, 11) is 0. The van der Waals surface area contributed by atoms with E-state index in [0.717, 1.165) is 4.73 Å². The van der Waals surface area contributed by atoms with Gasteiger partial charge in [-0.05, 0) is 29.3 Å². The monoisotopic (exact) mass is 291 g/mol. The van der Waals surface area contributed by atoms with Gasteiger partial charge in [-0.15, -0.1) is 11.3 Å². The largest absolute Gasteiger partial charge is 0.618 e. The Morgan fingerprint density at radius 3 is 3.16 bits per heavy atom. The van der Waals surface area contributed by atoms with E-state index in [0.29, 0.717) is 26.8 Å². The Bertz CT molecular complexity index is 782. The molecule has 0 saturated carbocycles. The lowest BCUT2D eigenvalue weighted by atomic mass is 10.4. The molecule has 19 heavy (non-hydrogen) atoms. The van der Waals surface area contributed by atoms with Crippen LogP contribution in [0.5, 0.6) is 0 Å². The van der Waals surface area contributed by atoms with E-state index in [1.54, 1.807) is 18.2 Å². The first-order chi connectivity index (χ1) is 9.24. The van der Waals surface area contributed by atoms with Crippen LogP contribution in [0.1, 0.15) is 5.82 Å². The lowest BCUT2D eigenvalue weighted by molar-refractivity contribution is -0.645. The van der Waals surface area contributed by atoms with Gasteiger partial charge in [-0.1, -0.05) is 0 Å². The molecule has 0 saturated heterocycles. The number of hydrogen-bond acceptors (Lipinski definition) is 5. The van der Waals surface area contributed by atoms with Gasteiger partial charge >= 0.3 is 0 Å². The second-order valence-corrected chi connectivity index (χ2v) is 5.71. The third kappa shape index (κ3) is 2.47. The van der Waals surface area contributed by atoms with Gasteiger partial charge in [-0.3, -0.25) is 4.79 Å². The van der Waals surface area contributed by atoms with Crippen LogP contribution >= 0.6 is 23.1 Å². The fourth-order valence-electron chi connectivity index (χ4n) is 1.66. The lowest BCUT2D eigenvalue weighted by Crippen LogP contribution is -2.27. The molecule has 0 radical (unpaired) electrons. The quantitative estimate of drug-likeness (QED) is 0.454. The first-order valence-electron chi connectivity index (χ1n) is 5.51. The molecule has 0 spiro atoms. The summed E-state index contributed by atoms with van der Waals surface area (Å²) in [4.78, 5) is 18.9. The van der Waals surface area contributed by atoms with Crippen molar-refractivity contribution < 1.29 is 4.73 Å². The summed E-state index contributed by atoms with van der Waals surface area (Å²) >= 11 is 2.71. The summed E-state index contributed by atoms with van der Waals surface area (Å²) in [5, 5.41) is 13.9. The molecule has 0 fully saturated rings. The Labute approximate surface area is 116 Å². The van der Waals surface area contributed by atoms with Gasteiger partial charge in [0.1, 0.15) is 10.5 Å². The van der Waals surface area contributed by atoms with Crippen molar-refractivity contribution in [1.29, 1.82) is 0 Å². The molecule has 0 amide bonds. The number of hydrogen-bond donors (Lipinski definition) is 1. The Hall–Kier alpha value is -1.86. The van der Waals surface area contributed by atoms with Crippen LogP contribution in [0.3, 0.4) is 0 Å². The minimum absolute atomic E-state index is 0.126. The predicted molar refractivity (Wildman–Crippen MR) is 75.2 cm³/mol. The zero-order valence-corrected chi connectivity index (χ0v) is 11.3. The van der Waals surface area contributed by atoms with E-state index in [1.807, 2.05) is 11.4 Å². The molecule has 0 atom stereocenters. The molecule has 3 heterocycles. The maximum Gasteiger partial charge on any atom is 0.268 e. The van der Waals surface area contributed by atoms with Crippen molar-refractivity contribution in [3.05, 3.63) is 57.2 Å². The summed E-state index contributed by atoms with van der Waals surface area (Å²) in [6.07, 6.45) is 1.45. The molecule has 0 bridgehead atoms. The molecule has 0 aromatic carbocycles. The Morgan fingerprint density at radius 1 is 1.42 bits per heavy atom. The van der Waals surface area contributed by atoms with E-state index in [9.17, 15) is 10.0 Å². The summed E-state index contributed by atoms with van der Waals surface area (Å²) in [6, 6.07) is 7.03. The fraction of sp³-hybridized carbons (Fsp3) is 0.0833. The third-order valence-corrected chi connectivity index (χ3v) is 4.44. The van der Waals surface area contributed by atoms with Crippen LogP contribution in [0.15, 0.2) is 45.7 Å². The van der Waals surface area contributed by atoms with E-state index in [-0.39, 0.29) is 5.56 Å². The van der Waals surface area contributed by atoms with Crippen molar-refractivity contribution in [3.8, 4) is 0 Å². The Balaban J connectivity index is 1.86. The number of thiophene rings is 1. The van der Waals surface area contributed by atoms with Gasteiger partial charge < -0.3 is 10.2 Å². The Kier molecular flexibility index (Phi) is 3.22. The first kappa shape index (κ1) is 12.2. The molecule has 0 aliphatic heterocycles. The van der Waals surface area contributed by atoms with Gasteiger partial charge in [0, 0.05) is 12.1 Å². The van der Waals surface area contributed by atoms with E-state index in [2.05, 4.69) is 9.97 Å². The summed E-state index contributed by atoms with van der Waals surface area (Å²) in [5.41, 5.74) is 0.575. The number of aromatic amines is 1. The van der Waals surface area contributed by atoms with Gasteiger partial charge in [-0.25, -0.2) is 4.98 Å². The van der Waals surface area contributed by atoms with Gasteiger partial charge in [0.05, 0.1) is 11.3 Å². The second-order valence-electron chi connectivity index (χ2n) is 3.80. The molecule has 1 N–H and O–H groups in total. The van der Waals surface area contributed by atoms with Crippen LogP contribution in [0, 0.1) is 5.21 Å². The van der Waals surface area contributed by atoms with E-state index >= 15 is 0 Å². The number of nitrogens with one attached hydrogen (secondary N) is 1. The van der Waals surface area contributed by atoms with Crippen LogP contribution < -0.4 is 10.3 Å². The number of thioether (sulfide) groups is 1. The van der Waals surface area contributed by atoms with Gasteiger partial charge in [0.15, 0.2) is 6.20 Å². The molecule has 7 heteroatoms. The standard InChI is InChI=1S/C12H9N3O2S2/c16-12-11-8(4-6-18-11)13-9(14-12)7-19-10-3-1-2-5-15(10)17/h1-6H,7H2,(H,13,14,16).